The van der Waals surface area contributed by atoms with Crippen LogP contribution in [0, 0.1) is 0 Å². The van der Waals surface area contributed by atoms with Crippen molar-refractivity contribution in [3.8, 4) is 11.1 Å². The molecule has 2 aliphatic carbocycles. The number of fused-ring (bicyclic) bond motifs is 1. The highest BCUT2D eigenvalue weighted by atomic mass is 16.6. The van der Waals surface area contributed by atoms with Gasteiger partial charge in [-0.15, -0.1) is 0 Å². The lowest BCUT2D eigenvalue weighted by Crippen LogP contribution is -2.37. The van der Waals surface area contributed by atoms with Gasteiger partial charge in [0.15, 0.2) is 0 Å². The van der Waals surface area contributed by atoms with Gasteiger partial charge in [0, 0.05) is 0 Å². The van der Waals surface area contributed by atoms with Crippen molar-refractivity contribution < 1.29 is 29.1 Å². The molecular weight excluding hydrogens is 265 g/mol. The second kappa shape index (κ2) is 7.51. The van der Waals surface area contributed by atoms with Gasteiger partial charge in [0.25, 0.3) is 0 Å². The van der Waals surface area contributed by atoms with Gasteiger partial charge in [-0.05, 0) is 43.2 Å². The summed E-state index contributed by atoms with van der Waals surface area (Å²) in [6.45, 7) is 3.79. The van der Waals surface area contributed by atoms with Crippen molar-refractivity contribution in [3.05, 3.63) is 18.2 Å². The van der Waals surface area contributed by atoms with E-state index < -0.39 is 12.2 Å². The molecule has 0 saturated heterocycles. The van der Waals surface area contributed by atoms with E-state index in [0.717, 1.165) is 16.0 Å². The summed E-state index contributed by atoms with van der Waals surface area (Å²) in [5.74, 6) is 0. The monoisotopic (exact) mass is 280 g/mol. The molecule has 0 aromatic carbocycles. The fourth-order valence-electron chi connectivity index (χ4n) is 1.53. The van der Waals surface area contributed by atoms with E-state index in [4.69, 9.17) is 19.5 Å². The van der Waals surface area contributed by atoms with Crippen molar-refractivity contribution in [1.82, 2.24) is 0 Å². The van der Waals surface area contributed by atoms with Gasteiger partial charge in [-0.2, -0.15) is 4.90 Å². The Morgan fingerprint density at radius 3 is 1.80 bits per heavy atom. The van der Waals surface area contributed by atoms with E-state index in [9.17, 15) is 9.59 Å². The molecule has 2 N–H and O–H groups in total. The van der Waals surface area contributed by atoms with Crippen LogP contribution in [0.25, 0.3) is 11.1 Å². The molecule has 0 saturated carbocycles. The summed E-state index contributed by atoms with van der Waals surface area (Å²) in [5.41, 5.74) is 2.58. The van der Waals surface area contributed by atoms with E-state index in [2.05, 4.69) is 0 Å². The summed E-state index contributed by atoms with van der Waals surface area (Å²) in [5, 5.41) is 14.0. The van der Waals surface area contributed by atoms with Crippen LogP contribution in [0.15, 0.2) is 18.2 Å². The van der Waals surface area contributed by atoms with Gasteiger partial charge in [0.1, 0.15) is 0 Å². The van der Waals surface area contributed by atoms with Crippen molar-refractivity contribution in [2.75, 3.05) is 18.1 Å². The summed E-state index contributed by atoms with van der Waals surface area (Å²) in [7, 11) is 0. The Bertz CT molecular complexity index is 455. The first-order chi connectivity index (χ1) is 9.58. The Hall–Kier alpha value is -2.06. The number of imide groups is 1. The number of ether oxygens (including phenoxy) is 2. The quantitative estimate of drug-likeness (QED) is 0.822. The fourth-order valence-corrected chi connectivity index (χ4v) is 1.53. The average molecular weight is 280 g/mol. The highest BCUT2D eigenvalue weighted by Crippen LogP contribution is 2.40. The normalized spacial score (nSPS) is 9.80. The van der Waals surface area contributed by atoms with Crippen LogP contribution >= 0.6 is 0 Å². The highest BCUT2D eigenvalue weighted by Gasteiger charge is 2.29. The van der Waals surface area contributed by atoms with Gasteiger partial charge >= 0.3 is 19.9 Å². The Kier molecular flexibility index (Phi) is 6.01. The molecular formula is C12H15BNO6. The molecule has 0 aromatic heterocycles. The second-order valence-corrected chi connectivity index (χ2v) is 3.62. The molecule has 0 atom stereocenters. The number of amides is 2. The molecule has 0 heterocycles. The SMILES string of the molecule is CCOC(=O)N(C(=O)OCC)c1cc2cc-2c1.O[B]O. The minimum Gasteiger partial charge on any atom is -0.449 e. The number of hydrogen-bond donors (Lipinski definition) is 2. The summed E-state index contributed by atoms with van der Waals surface area (Å²) in [6, 6.07) is 5.46. The minimum atomic E-state index is -0.712. The third-order valence-electron chi connectivity index (χ3n) is 2.33. The number of rotatable bonds is 3. The number of benzene rings is 1. The predicted octanol–water partition coefficient (Wildman–Crippen LogP) is 1.29. The van der Waals surface area contributed by atoms with Gasteiger partial charge < -0.3 is 19.5 Å². The minimum absolute atomic E-state index is 0. The first kappa shape index (κ1) is 16.0. The van der Waals surface area contributed by atoms with Crippen LogP contribution in [-0.2, 0) is 9.47 Å². The van der Waals surface area contributed by atoms with Crippen LogP contribution in [0.2, 0.25) is 0 Å². The molecule has 0 fully saturated rings. The molecule has 2 aliphatic rings. The van der Waals surface area contributed by atoms with E-state index in [1.165, 1.54) is 0 Å². The molecule has 2 amide bonds. The molecule has 1 radical (unpaired) electrons. The van der Waals surface area contributed by atoms with Gasteiger partial charge in [-0.3, -0.25) is 0 Å². The van der Waals surface area contributed by atoms with E-state index >= 15 is 0 Å². The summed E-state index contributed by atoms with van der Waals surface area (Å²) < 4.78 is 9.66. The molecule has 0 unspecified atom stereocenters. The first-order valence-electron chi connectivity index (χ1n) is 5.98. The number of carbonyl (C=O) groups excluding carboxylic acids is 2. The Balaban J connectivity index is 0.000000612. The zero-order valence-corrected chi connectivity index (χ0v) is 11.2. The molecule has 8 heteroatoms. The lowest BCUT2D eigenvalue weighted by molar-refractivity contribution is 0.140. The predicted molar refractivity (Wildman–Crippen MR) is 72.2 cm³/mol. The van der Waals surface area contributed by atoms with Crippen molar-refractivity contribution >= 4 is 25.6 Å². The van der Waals surface area contributed by atoms with Gasteiger partial charge in [-0.1, -0.05) is 0 Å². The maximum atomic E-state index is 11.7. The van der Waals surface area contributed by atoms with E-state index in [-0.39, 0.29) is 20.9 Å². The van der Waals surface area contributed by atoms with Gasteiger partial charge in [0.2, 0.25) is 0 Å². The molecule has 107 valence electrons. The lowest BCUT2D eigenvalue weighted by Gasteiger charge is -2.17. The number of hydrogen-bond acceptors (Lipinski definition) is 6. The molecule has 2 rings (SSSR count). The molecule has 0 aliphatic heterocycles. The molecule has 20 heavy (non-hydrogen) atoms. The third kappa shape index (κ3) is 3.97. The largest absolute Gasteiger partial charge is 0.482 e. The van der Waals surface area contributed by atoms with Gasteiger partial charge in [-0.25, -0.2) is 9.59 Å². The highest BCUT2D eigenvalue weighted by molar-refractivity contribution is 6.13. The zero-order valence-electron chi connectivity index (χ0n) is 11.2. The maximum absolute atomic E-state index is 11.7. The van der Waals surface area contributed by atoms with Crippen LogP contribution in [0.5, 0.6) is 0 Å². The standard InChI is InChI=1S/C12H13NO4.BH2O2/c1-3-16-11(14)13(12(15)17-4-2)10-6-8-5-9(8)7-10;2-1-3/h5-7H,3-4H2,1-2H3;2-3H. The number of carbonyl (C=O) groups is 2. The fraction of sp³-hybridized carbons (Fsp3) is 0.333. The molecule has 7 nitrogen and oxygen atoms in total. The van der Waals surface area contributed by atoms with Crippen LogP contribution < -0.4 is 4.90 Å². The van der Waals surface area contributed by atoms with Crippen molar-refractivity contribution in [2.45, 2.75) is 13.8 Å². The number of nitrogens with zero attached hydrogens (tertiary/aromatic N) is 1. The summed E-state index contributed by atoms with van der Waals surface area (Å²) in [4.78, 5) is 24.3. The van der Waals surface area contributed by atoms with Crippen molar-refractivity contribution in [3.63, 3.8) is 0 Å². The topological polar surface area (TPSA) is 96.3 Å². The zero-order chi connectivity index (χ0) is 15.1. The first-order valence-corrected chi connectivity index (χ1v) is 5.98. The molecule has 0 bridgehead atoms. The van der Waals surface area contributed by atoms with Crippen LogP contribution in [0.1, 0.15) is 13.8 Å². The molecule has 0 spiro atoms. The van der Waals surface area contributed by atoms with E-state index in [0.29, 0.717) is 5.69 Å². The Morgan fingerprint density at radius 2 is 1.45 bits per heavy atom. The van der Waals surface area contributed by atoms with Crippen molar-refractivity contribution in [2.24, 2.45) is 0 Å². The lowest BCUT2D eigenvalue weighted by atomic mass is 10.4. The number of anilines is 1. The van der Waals surface area contributed by atoms with Crippen LogP contribution in [0.4, 0.5) is 15.3 Å². The summed E-state index contributed by atoms with van der Waals surface area (Å²) >= 11 is 0. The van der Waals surface area contributed by atoms with Gasteiger partial charge in [0.05, 0.1) is 18.9 Å². The second-order valence-electron chi connectivity index (χ2n) is 3.62. The molecule has 0 aromatic rings. The van der Waals surface area contributed by atoms with Crippen LogP contribution in [-0.4, -0.2) is 43.1 Å². The average Bonchev–Trinajstić information content (AvgIpc) is 2.98. The summed E-state index contributed by atoms with van der Waals surface area (Å²) in [6.07, 6.45) is -1.42. The van der Waals surface area contributed by atoms with E-state index in [1.54, 1.807) is 26.0 Å². The van der Waals surface area contributed by atoms with Crippen molar-refractivity contribution in [1.29, 1.82) is 0 Å². The smallest absolute Gasteiger partial charge is 0.449 e. The Morgan fingerprint density at radius 1 is 1.05 bits per heavy atom. The maximum Gasteiger partial charge on any atom is 0.482 e. The third-order valence-corrected chi connectivity index (χ3v) is 2.33. The van der Waals surface area contributed by atoms with Crippen LogP contribution in [0.3, 0.4) is 0 Å². The Labute approximate surface area is 117 Å². The van der Waals surface area contributed by atoms with E-state index in [1.807, 2.05) is 6.07 Å².